The van der Waals surface area contributed by atoms with Crippen LogP contribution in [-0.2, 0) is 29.8 Å². The number of hydrogen-bond donors (Lipinski definition) is 3. The van der Waals surface area contributed by atoms with Crippen molar-refractivity contribution in [3.8, 4) is 0 Å². The van der Waals surface area contributed by atoms with Crippen LogP contribution in [0.2, 0.25) is 0 Å². The molecule has 0 spiro atoms. The Kier molecular flexibility index (Phi) is 19.7. The zero-order chi connectivity index (χ0) is 17.5. The van der Waals surface area contributed by atoms with Crippen LogP contribution in [0.5, 0.6) is 0 Å². The Morgan fingerprint density at radius 2 is 1.78 bits per heavy atom. The zero-order valence-corrected chi connectivity index (χ0v) is 13.8. The Balaban J connectivity index is -0.000000290. The predicted molar refractivity (Wildman–Crippen MR) is 76.8 cm³/mol. The van der Waals surface area contributed by atoms with Crippen LogP contribution in [0.3, 0.4) is 0 Å². The van der Waals surface area contributed by atoms with Crippen molar-refractivity contribution in [3.05, 3.63) is 42.2 Å². The molecule has 0 fully saturated rings. The molecule has 10 heteroatoms. The van der Waals surface area contributed by atoms with Crippen LogP contribution in [0.1, 0.15) is 5.56 Å². The number of anilines is 1. The van der Waals surface area contributed by atoms with Gasteiger partial charge in [-0.05, 0) is 31.3 Å². The van der Waals surface area contributed by atoms with Crippen molar-refractivity contribution >= 4 is 11.7 Å². The third-order valence-corrected chi connectivity index (χ3v) is 1.97. The normalized spacial score (nSPS) is 10.4. The molecule has 0 saturated heterocycles. The van der Waals surface area contributed by atoms with Gasteiger partial charge < -0.3 is 35.1 Å². The third kappa shape index (κ3) is 23.1. The number of halogens is 4. The molecule has 0 saturated carbocycles. The number of likely N-dealkylation sites (N-methyl/N-ethyl adjacent to an activating group) is 1. The van der Waals surface area contributed by atoms with Crippen LogP contribution in [0.4, 0.5) is 23.2 Å². The Morgan fingerprint density at radius 1 is 1.35 bits per heavy atom. The van der Waals surface area contributed by atoms with Gasteiger partial charge in [0.1, 0.15) is 0 Å². The Hall–Kier alpha value is -1.29. The second-order valence-electron chi connectivity index (χ2n) is 3.94. The number of rotatable bonds is 5. The van der Waals surface area contributed by atoms with Crippen LogP contribution < -0.4 is 11.1 Å². The number of nitrogens with one attached hydrogen (secondary N) is 2. The quantitative estimate of drug-likeness (QED) is 0.418. The van der Waals surface area contributed by atoms with E-state index >= 15 is 0 Å². The molecule has 1 unspecified atom stereocenters. The summed E-state index contributed by atoms with van der Waals surface area (Å²) in [4.78, 5) is 10.2. The summed E-state index contributed by atoms with van der Waals surface area (Å²) in [6, 6.07) is 6.23. The smallest absolute Gasteiger partial charge is 0.672 e. The fourth-order valence-corrected chi connectivity index (χ4v) is 1.11. The van der Waals surface area contributed by atoms with E-state index in [2.05, 4.69) is 5.32 Å². The minimum Gasteiger partial charge on any atom is -0.672 e. The van der Waals surface area contributed by atoms with Gasteiger partial charge in [0.25, 0.3) is 0 Å². The van der Waals surface area contributed by atoms with Crippen LogP contribution in [0, 0.1) is 6.68 Å². The molecule has 0 aromatic heterocycles. The van der Waals surface area contributed by atoms with Crippen LogP contribution in [0.25, 0.3) is 5.73 Å². The Bertz CT molecular complexity index is 395. The summed E-state index contributed by atoms with van der Waals surface area (Å²) in [5.74, 6) is -0.824. The number of alkyl halides is 1. The number of nitrogens with two attached hydrogens (primary N) is 1. The van der Waals surface area contributed by atoms with E-state index in [1.54, 1.807) is 31.3 Å². The third-order valence-electron chi connectivity index (χ3n) is 1.97. The predicted octanol–water partition coefficient (Wildman–Crippen LogP) is 2.83. The Morgan fingerprint density at radius 3 is 2.04 bits per heavy atom. The fourth-order valence-electron chi connectivity index (χ4n) is 1.11. The Labute approximate surface area is 144 Å². The minimum absolute atomic E-state index is 0. The fraction of sp³-hybridized carbons (Fsp3) is 0.385. The molecular formula is C13H19F4N3O2V. The first-order valence-corrected chi connectivity index (χ1v) is 6.04. The first-order chi connectivity index (χ1) is 10.2. The second-order valence-corrected chi connectivity index (χ2v) is 3.94. The summed E-state index contributed by atoms with van der Waals surface area (Å²) in [6.07, 6.45) is 0.0558. The van der Waals surface area contributed by atoms with Crippen molar-refractivity contribution in [2.45, 2.75) is 12.5 Å². The van der Waals surface area contributed by atoms with Gasteiger partial charge in [-0.2, -0.15) is 0 Å². The molecule has 5 N–H and O–H groups in total. The number of carboxylic acid groups (broad SMARTS) is 1. The molecule has 1 radical (unpaired) electrons. The van der Waals surface area contributed by atoms with E-state index in [4.69, 9.17) is 16.6 Å². The topological polar surface area (TPSA) is 99.1 Å². The standard InChI is InChI=1S/C8H9NO2.C4H10FN2.CF3.V/c9-7-3-1-6(2-4-7)5-8(10)11;1-7-3-4(6)2-5;2-1(3)4;/h1-4H,5,9H2,(H,10,11);4,6-7H,2-3H2,1H3;;/q;2*-1;+2. The van der Waals surface area contributed by atoms with E-state index in [9.17, 15) is 22.4 Å². The molecule has 0 aliphatic rings. The number of hydrogen-bond acceptors (Lipinski definition) is 3. The van der Waals surface area contributed by atoms with Gasteiger partial charge >= 0.3 is 24.5 Å². The molecule has 1 aromatic rings. The molecule has 5 nitrogen and oxygen atoms in total. The van der Waals surface area contributed by atoms with E-state index in [0.29, 0.717) is 12.2 Å². The zero-order valence-electron chi connectivity index (χ0n) is 12.4. The van der Waals surface area contributed by atoms with Gasteiger partial charge in [0.05, 0.1) is 13.1 Å². The number of aliphatic carboxylic acids is 1. The molecule has 0 aliphatic carbocycles. The molecule has 1 rings (SSSR count). The van der Waals surface area contributed by atoms with E-state index in [-0.39, 0.29) is 25.0 Å². The largest absolute Gasteiger partial charge is 2.00 e. The first kappa shape index (κ1) is 26.6. The van der Waals surface area contributed by atoms with Gasteiger partial charge in [0, 0.05) is 5.69 Å². The number of benzene rings is 1. The van der Waals surface area contributed by atoms with Crippen molar-refractivity contribution in [3.63, 3.8) is 0 Å². The van der Waals surface area contributed by atoms with Crippen LogP contribution in [0.15, 0.2) is 24.3 Å². The van der Waals surface area contributed by atoms with Gasteiger partial charge in [0.15, 0.2) is 6.68 Å². The SMILES string of the molecule is CNCC([NH-])CF.F[C-](F)F.Nc1ccc(CC(=O)O)cc1.[V+2]. The summed E-state index contributed by atoms with van der Waals surface area (Å²) in [5.41, 5.74) is 13.6. The van der Waals surface area contributed by atoms with E-state index in [0.717, 1.165) is 5.56 Å². The van der Waals surface area contributed by atoms with Crippen molar-refractivity contribution in [2.75, 3.05) is 26.0 Å². The van der Waals surface area contributed by atoms with E-state index < -0.39 is 25.4 Å². The molecule has 131 valence electrons. The van der Waals surface area contributed by atoms with Crippen molar-refractivity contribution in [2.24, 2.45) is 0 Å². The maximum absolute atomic E-state index is 11.3. The van der Waals surface area contributed by atoms with E-state index in [1.165, 1.54) is 0 Å². The van der Waals surface area contributed by atoms with Crippen LogP contribution in [-0.4, -0.2) is 37.4 Å². The van der Waals surface area contributed by atoms with Gasteiger partial charge in [0.2, 0.25) is 0 Å². The molecular weight excluding hydrogens is 357 g/mol. The minimum atomic E-state index is -3.08. The van der Waals surface area contributed by atoms with Crippen LogP contribution >= 0.6 is 0 Å². The maximum Gasteiger partial charge on any atom is 2.00 e. The molecule has 23 heavy (non-hydrogen) atoms. The second kappa shape index (κ2) is 17.1. The molecule has 0 aliphatic heterocycles. The number of nitrogen functional groups attached to an aromatic ring is 1. The monoisotopic (exact) mass is 376 g/mol. The summed E-state index contributed by atoms with van der Waals surface area (Å²) < 4.78 is 40.1. The van der Waals surface area contributed by atoms with Gasteiger partial charge in [-0.1, -0.05) is 18.2 Å². The molecule has 1 aromatic carbocycles. The average molecular weight is 376 g/mol. The maximum atomic E-state index is 11.3. The summed E-state index contributed by atoms with van der Waals surface area (Å²) in [5, 5.41) is 11.1. The van der Waals surface area contributed by atoms with Gasteiger partial charge in [-0.3, -0.25) is 9.18 Å². The summed E-state index contributed by atoms with van der Waals surface area (Å²) in [6.45, 7) is -3.20. The first-order valence-electron chi connectivity index (χ1n) is 6.04. The summed E-state index contributed by atoms with van der Waals surface area (Å²) in [7, 11) is 1.71. The number of carboxylic acids is 1. The molecule has 0 amide bonds. The molecule has 1 atom stereocenters. The van der Waals surface area contributed by atoms with Gasteiger partial charge in [-0.15, -0.1) is 0 Å². The van der Waals surface area contributed by atoms with Crippen molar-refractivity contribution in [1.29, 1.82) is 0 Å². The van der Waals surface area contributed by atoms with Gasteiger partial charge in [-0.25, -0.2) is 0 Å². The molecule has 0 heterocycles. The molecule has 0 bridgehead atoms. The average Bonchev–Trinajstić information content (AvgIpc) is 2.41. The van der Waals surface area contributed by atoms with Crippen molar-refractivity contribution < 1.29 is 46.0 Å². The van der Waals surface area contributed by atoms with Crippen molar-refractivity contribution in [1.82, 2.24) is 5.32 Å². The summed E-state index contributed by atoms with van der Waals surface area (Å²) >= 11 is 0. The van der Waals surface area contributed by atoms with E-state index in [1.807, 2.05) is 0 Å². The number of carbonyl (C=O) groups is 1.